The Morgan fingerprint density at radius 2 is 1.97 bits per heavy atom. The van der Waals surface area contributed by atoms with Crippen molar-refractivity contribution in [2.24, 2.45) is 5.10 Å². The number of amides is 1. The molecule has 6 rings (SSSR count). The van der Waals surface area contributed by atoms with E-state index in [1.807, 2.05) is 36.4 Å². The van der Waals surface area contributed by atoms with E-state index < -0.39 is 0 Å². The van der Waals surface area contributed by atoms with Gasteiger partial charge in [-0.25, -0.2) is 5.01 Å². The molecule has 3 aromatic rings. The lowest BCUT2D eigenvalue weighted by molar-refractivity contribution is -0.130. The molecule has 2 fully saturated rings. The summed E-state index contributed by atoms with van der Waals surface area (Å²) in [6.07, 6.45) is 6.95. The Hall–Kier alpha value is -3.07. The molecule has 0 saturated heterocycles. The number of hydrazone groups is 1. The first kappa shape index (κ1) is 20.5. The van der Waals surface area contributed by atoms with Gasteiger partial charge in [0.05, 0.1) is 24.8 Å². The lowest BCUT2D eigenvalue weighted by Gasteiger charge is -2.19. The first-order chi connectivity index (χ1) is 16.2. The lowest BCUT2D eigenvalue weighted by Crippen LogP contribution is -2.28. The average Bonchev–Trinajstić information content (AvgIpc) is 3.72. The van der Waals surface area contributed by atoms with Crippen LogP contribution in [0.1, 0.15) is 67.3 Å². The Bertz CT molecular complexity index is 1180. The van der Waals surface area contributed by atoms with Gasteiger partial charge >= 0.3 is 0 Å². The summed E-state index contributed by atoms with van der Waals surface area (Å²) in [4.78, 5) is 13.3. The van der Waals surface area contributed by atoms with Crippen LogP contribution in [0.5, 0.6) is 5.75 Å². The summed E-state index contributed by atoms with van der Waals surface area (Å²) in [5.74, 6) is 3.35. The molecule has 0 N–H and O–H groups in total. The Labute approximate surface area is 196 Å². The van der Waals surface area contributed by atoms with Gasteiger partial charge in [-0.15, -0.1) is 10.2 Å². The number of furan rings is 1. The Balaban J connectivity index is 1.22. The van der Waals surface area contributed by atoms with Crippen LogP contribution < -0.4 is 4.74 Å². The number of thioether (sulfide) groups is 1. The average molecular weight is 464 g/mol. The van der Waals surface area contributed by atoms with E-state index in [4.69, 9.17) is 14.3 Å². The van der Waals surface area contributed by atoms with Crippen LogP contribution >= 0.6 is 11.8 Å². The quantitative estimate of drug-likeness (QED) is 0.455. The number of ether oxygens (including phenoxy) is 1. The zero-order chi connectivity index (χ0) is 22.4. The molecule has 3 heterocycles. The zero-order valence-corrected chi connectivity index (χ0v) is 19.2. The van der Waals surface area contributed by atoms with Crippen LogP contribution in [0, 0.1) is 0 Å². The van der Waals surface area contributed by atoms with Gasteiger partial charge in [0, 0.05) is 18.4 Å². The number of hydrogen-bond donors (Lipinski definition) is 0. The van der Waals surface area contributed by atoms with Crippen molar-refractivity contribution in [3.63, 3.8) is 0 Å². The number of benzene rings is 1. The molecule has 9 heteroatoms. The molecule has 2 aliphatic carbocycles. The summed E-state index contributed by atoms with van der Waals surface area (Å²) in [5, 5.41) is 16.0. The normalized spacial score (nSPS) is 20.2. The number of methoxy groups -OCH3 is 1. The van der Waals surface area contributed by atoms with Gasteiger partial charge in [0.15, 0.2) is 5.16 Å². The summed E-state index contributed by atoms with van der Waals surface area (Å²) >= 11 is 1.46. The number of aromatic nitrogens is 3. The summed E-state index contributed by atoms with van der Waals surface area (Å²) in [7, 11) is 1.64. The standard InChI is InChI=1S/C24H25N5O3S/c1-31-18-10-6-15(7-11-18)19-13-20(21-3-2-12-32-21)29(27-19)22(30)14-33-24-26-25-23(16-4-5-16)28(24)17-8-9-17/h2-3,6-7,10-12,16-17,20H,4-5,8-9,13-14H2,1H3/t20-/m1/s1. The molecule has 0 bridgehead atoms. The fourth-order valence-corrected chi connectivity index (χ4v) is 5.14. The predicted molar refractivity (Wildman–Crippen MR) is 123 cm³/mol. The fraction of sp³-hybridized carbons (Fsp3) is 0.417. The van der Waals surface area contributed by atoms with E-state index in [0.717, 1.165) is 33.8 Å². The summed E-state index contributed by atoms with van der Waals surface area (Å²) in [6, 6.07) is 11.7. The summed E-state index contributed by atoms with van der Waals surface area (Å²) < 4.78 is 13.2. The smallest absolute Gasteiger partial charge is 0.253 e. The van der Waals surface area contributed by atoms with E-state index in [-0.39, 0.29) is 17.7 Å². The largest absolute Gasteiger partial charge is 0.497 e. The molecule has 0 radical (unpaired) electrons. The predicted octanol–water partition coefficient (Wildman–Crippen LogP) is 4.56. The van der Waals surface area contributed by atoms with Crippen molar-refractivity contribution in [2.75, 3.05) is 12.9 Å². The van der Waals surface area contributed by atoms with Crippen LogP contribution in [-0.4, -0.2) is 44.3 Å². The second-order valence-corrected chi connectivity index (χ2v) is 9.70. The number of carbonyl (C=O) groups excluding carboxylic acids is 1. The van der Waals surface area contributed by atoms with Gasteiger partial charge in [-0.3, -0.25) is 4.79 Å². The van der Waals surface area contributed by atoms with Crippen molar-refractivity contribution in [3.8, 4) is 5.75 Å². The van der Waals surface area contributed by atoms with Crippen LogP contribution in [0.15, 0.2) is 57.3 Å². The maximum Gasteiger partial charge on any atom is 0.253 e. The lowest BCUT2D eigenvalue weighted by atomic mass is 10.0. The van der Waals surface area contributed by atoms with Gasteiger partial charge in [-0.2, -0.15) is 5.10 Å². The van der Waals surface area contributed by atoms with Gasteiger partial charge in [0.1, 0.15) is 23.4 Å². The number of rotatable bonds is 8. The highest BCUT2D eigenvalue weighted by molar-refractivity contribution is 7.99. The SMILES string of the molecule is COc1ccc(C2=NN(C(=O)CSc3nnc(C4CC4)n3C3CC3)[C@@H](c3ccco3)C2)cc1. The van der Waals surface area contributed by atoms with Crippen LogP contribution in [-0.2, 0) is 4.79 Å². The second-order valence-electron chi connectivity index (χ2n) is 8.75. The minimum Gasteiger partial charge on any atom is -0.497 e. The first-order valence-electron chi connectivity index (χ1n) is 11.4. The second kappa shape index (κ2) is 8.37. The van der Waals surface area contributed by atoms with Gasteiger partial charge in [0.25, 0.3) is 5.91 Å². The van der Waals surface area contributed by atoms with Crippen LogP contribution in [0.3, 0.4) is 0 Å². The molecular formula is C24H25N5O3S. The third-order valence-electron chi connectivity index (χ3n) is 6.33. The molecule has 2 aromatic heterocycles. The molecule has 0 unspecified atom stereocenters. The summed E-state index contributed by atoms with van der Waals surface area (Å²) in [5.41, 5.74) is 1.83. The minimum atomic E-state index is -0.256. The summed E-state index contributed by atoms with van der Waals surface area (Å²) in [6.45, 7) is 0. The van der Waals surface area contributed by atoms with Gasteiger partial charge < -0.3 is 13.7 Å². The number of carbonyl (C=O) groups is 1. The van der Waals surface area contributed by atoms with E-state index in [9.17, 15) is 4.79 Å². The van der Waals surface area contributed by atoms with E-state index >= 15 is 0 Å². The molecule has 1 aliphatic heterocycles. The van der Waals surface area contributed by atoms with Crippen molar-refractivity contribution in [3.05, 3.63) is 59.8 Å². The molecule has 33 heavy (non-hydrogen) atoms. The molecule has 1 atom stereocenters. The monoisotopic (exact) mass is 463 g/mol. The highest BCUT2D eigenvalue weighted by atomic mass is 32.2. The molecule has 0 spiro atoms. The Morgan fingerprint density at radius 3 is 2.64 bits per heavy atom. The van der Waals surface area contributed by atoms with Crippen molar-refractivity contribution < 1.29 is 13.9 Å². The molecule has 3 aliphatic rings. The zero-order valence-electron chi connectivity index (χ0n) is 18.4. The van der Waals surface area contributed by atoms with Crippen molar-refractivity contribution in [2.45, 2.75) is 55.3 Å². The van der Waals surface area contributed by atoms with Crippen molar-refractivity contribution >= 4 is 23.4 Å². The molecule has 8 nitrogen and oxygen atoms in total. The van der Waals surface area contributed by atoms with Gasteiger partial charge in [-0.05, 0) is 67.6 Å². The van der Waals surface area contributed by atoms with E-state index in [1.54, 1.807) is 18.4 Å². The Morgan fingerprint density at radius 1 is 1.15 bits per heavy atom. The number of nitrogens with zero attached hydrogens (tertiary/aromatic N) is 5. The molecule has 170 valence electrons. The molecule has 2 saturated carbocycles. The van der Waals surface area contributed by atoms with Crippen molar-refractivity contribution in [1.82, 2.24) is 19.8 Å². The maximum atomic E-state index is 13.3. The van der Waals surface area contributed by atoms with Gasteiger partial charge in [-0.1, -0.05) is 11.8 Å². The molecule has 1 amide bonds. The Kier molecular flexibility index (Phi) is 5.21. The topological polar surface area (TPSA) is 85.8 Å². The van der Waals surface area contributed by atoms with Gasteiger partial charge in [0.2, 0.25) is 0 Å². The van der Waals surface area contributed by atoms with Crippen LogP contribution in [0.4, 0.5) is 0 Å². The maximum absolute atomic E-state index is 13.3. The van der Waals surface area contributed by atoms with E-state index in [0.29, 0.717) is 18.4 Å². The van der Waals surface area contributed by atoms with Crippen molar-refractivity contribution in [1.29, 1.82) is 0 Å². The van der Waals surface area contributed by atoms with Crippen LogP contribution in [0.25, 0.3) is 0 Å². The first-order valence-corrected chi connectivity index (χ1v) is 12.3. The minimum absolute atomic E-state index is 0.0665. The third kappa shape index (κ3) is 4.06. The highest BCUT2D eigenvalue weighted by Gasteiger charge is 2.38. The highest BCUT2D eigenvalue weighted by Crippen LogP contribution is 2.46. The third-order valence-corrected chi connectivity index (χ3v) is 7.26. The van der Waals surface area contributed by atoms with E-state index in [2.05, 4.69) is 14.8 Å². The van der Waals surface area contributed by atoms with E-state index in [1.165, 1.54) is 37.4 Å². The molecular weight excluding hydrogens is 438 g/mol. The molecule has 1 aromatic carbocycles. The fourth-order valence-electron chi connectivity index (χ4n) is 4.28. The van der Waals surface area contributed by atoms with Crippen LogP contribution in [0.2, 0.25) is 0 Å². The number of hydrogen-bond acceptors (Lipinski definition) is 7.